The van der Waals surface area contributed by atoms with Gasteiger partial charge in [0.15, 0.2) is 0 Å². The molecule has 0 aromatic rings. The number of rotatable bonds is 4. The highest BCUT2D eigenvalue weighted by molar-refractivity contribution is 7.86. The second-order valence-electron chi connectivity index (χ2n) is 7.23. The first-order valence-electron chi connectivity index (χ1n) is 9.16. The third-order valence-electron chi connectivity index (χ3n) is 5.12. The average molecular weight is 372 g/mol. The highest BCUT2D eigenvalue weighted by Crippen LogP contribution is 2.21. The van der Waals surface area contributed by atoms with E-state index >= 15 is 0 Å². The third-order valence-corrected chi connectivity index (χ3v) is 7.15. The van der Waals surface area contributed by atoms with Crippen LogP contribution in [0.2, 0.25) is 0 Å². The van der Waals surface area contributed by atoms with Crippen LogP contribution < -0.4 is 0 Å². The van der Waals surface area contributed by atoms with Gasteiger partial charge in [0.05, 0.1) is 5.71 Å². The maximum atomic E-state index is 12.7. The zero-order chi connectivity index (χ0) is 18.0. The van der Waals surface area contributed by atoms with Crippen molar-refractivity contribution in [3.8, 4) is 0 Å². The summed E-state index contributed by atoms with van der Waals surface area (Å²) in [6.07, 6.45) is 2.47. The van der Waals surface area contributed by atoms with E-state index < -0.39 is 16.3 Å². The van der Waals surface area contributed by atoms with Gasteiger partial charge in [0.2, 0.25) is 6.10 Å². The van der Waals surface area contributed by atoms with E-state index in [0.29, 0.717) is 52.1 Å². The first-order chi connectivity index (χ1) is 11.9. The number of carbonyl (C=O) groups is 1. The van der Waals surface area contributed by atoms with Crippen molar-refractivity contribution in [1.29, 1.82) is 0 Å². The van der Waals surface area contributed by atoms with Gasteiger partial charge in [0.25, 0.3) is 16.1 Å². The van der Waals surface area contributed by atoms with Crippen LogP contribution in [-0.4, -0.2) is 78.9 Å². The summed E-state index contributed by atoms with van der Waals surface area (Å²) in [5, 5.41) is 4.02. The topological polar surface area (TPSA) is 82.5 Å². The molecule has 0 N–H and O–H groups in total. The minimum atomic E-state index is -3.40. The molecule has 3 heterocycles. The summed E-state index contributed by atoms with van der Waals surface area (Å²) in [7, 11) is -3.40. The van der Waals surface area contributed by atoms with Crippen molar-refractivity contribution >= 4 is 21.8 Å². The molecule has 9 heteroatoms. The summed E-state index contributed by atoms with van der Waals surface area (Å²) in [4.78, 5) is 19.7. The SMILES string of the molecule is CC(C)C1=NOC(C(=O)N2CCCN(S(=O)(=O)N3CCCC3)CC2)C1. The van der Waals surface area contributed by atoms with Gasteiger partial charge in [0, 0.05) is 45.7 Å². The van der Waals surface area contributed by atoms with Crippen molar-refractivity contribution in [3.63, 3.8) is 0 Å². The Morgan fingerprint density at radius 2 is 1.68 bits per heavy atom. The van der Waals surface area contributed by atoms with Crippen LogP contribution in [-0.2, 0) is 19.8 Å². The van der Waals surface area contributed by atoms with Crippen molar-refractivity contribution < 1.29 is 18.0 Å². The average Bonchev–Trinajstić information content (AvgIpc) is 3.22. The molecule has 0 saturated carbocycles. The number of hydrogen-bond acceptors (Lipinski definition) is 5. The molecule has 1 amide bonds. The third kappa shape index (κ3) is 3.98. The Labute approximate surface area is 149 Å². The fraction of sp³-hybridized carbons (Fsp3) is 0.875. The van der Waals surface area contributed by atoms with Gasteiger partial charge in [-0.25, -0.2) is 0 Å². The zero-order valence-corrected chi connectivity index (χ0v) is 15.9. The maximum Gasteiger partial charge on any atom is 0.282 e. The molecule has 1 atom stereocenters. The largest absolute Gasteiger partial charge is 0.382 e. The number of carbonyl (C=O) groups excluding carboxylic acids is 1. The normalized spacial score (nSPS) is 26.6. The lowest BCUT2D eigenvalue weighted by molar-refractivity contribution is -0.141. The van der Waals surface area contributed by atoms with Crippen LogP contribution in [0.5, 0.6) is 0 Å². The fourth-order valence-corrected chi connectivity index (χ4v) is 5.22. The summed E-state index contributed by atoms with van der Waals surface area (Å²) in [6, 6.07) is 0. The Hall–Kier alpha value is -1.19. The summed E-state index contributed by atoms with van der Waals surface area (Å²) in [5.74, 6) is 0.183. The van der Waals surface area contributed by atoms with E-state index in [1.165, 1.54) is 4.31 Å². The van der Waals surface area contributed by atoms with Crippen LogP contribution in [0.4, 0.5) is 0 Å². The molecular weight excluding hydrogens is 344 g/mol. The summed E-state index contributed by atoms with van der Waals surface area (Å²) >= 11 is 0. The highest BCUT2D eigenvalue weighted by Gasteiger charge is 2.36. The van der Waals surface area contributed by atoms with Crippen molar-refractivity contribution in [2.75, 3.05) is 39.3 Å². The minimum Gasteiger partial charge on any atom is -0.382 e. The van der Waals surface area contributed by atoms with E-state index in [0.717, 1.165) is 18.6 Å². The molecule has 0 spiro atoms. The smallest absolute Gasteiger partial charge is 0.282 e. The van der Waals surface area contributed by atoms with E-state index in [1.807, 2.05) is 13.8 Å². The van der Waals surface area contributed by atoms with E-state index in [-0.39, 0.29) is 11.8 Å². The van der Waals surface area contributed by atoms with Crippen molar-refractivity contribution in [2.45, 2.75) is 45.6 Å². The molecule has 3 aliphatic heterocycles. The highest BCUT2D eigenvalue weighted by atomic mass is 32.2. The van der Waals surface area contributed by atoms with E-state index in [2.05, 4.69) is 5.16 Å². The molecule has 0 aliphatic carbocycles. The summed E-state index contributed by atoms with van der Waals surface area (Å²) < 4.78 is 28.5. The molecule has 0 aromatic heterocycles. The van der Waals surface area contributed by atoms with Crippen LogP contribution in [0.25, 0.3) is 0 Å². The van der Waals surface area contributed by atoms with Gasteiger partial charge in [-0.15, -0.1) is 0 Å². The predicted molar refractivity (Wildman–Crippen MR) is 94.3 cm³/mol. The van der Waals surface area contributed by atoms with Gasteiger partial charge in [0.1, 0.15) is 0 Å². The van der Waals surface area contributed by atoms with E-state index in [9.17, 15) is 13.2 Å². The van der Waals surface area contributed by atoms with Gasteiger partial charge in [-0.2, -0.15) is 17.0 Å². The number of oxime groups is 1. The second-order valence-corrected chi connectivity index (χ2v) is 9.16. The standard InChI is InChI=1S/C16H28N4O4S/c1-13(2)14-12-15(24-17-14)16(21)18-6-5-9-20(11-10-18)25(22,23)19-7-3-4-8-19/h13,15H,3-12H2,1-2H3. The maximum absolute atomic E-state index is 12.7. The van der Waals surface area contributed by atoms with Gasteiger partial charge >= 0.3 is 0 Å². The van der Waals surface area contributed by atoms with Gasteiger partial charge in [-0.05, 0) is 25.2 Å². The lowest BCUT2D eigenvalue weighted by Crippen LogP contribution is -2.45. The van der Waals surface area contributed by atoms with Crippen LogP contribution in [0.1, 0.15) is 39.5 Å². The van der Waals surface area contributed by atoms with E-state index in [4.69, 9.17) is 4.84 Å². The number of hydrogen-bond donors (Lipinski definition) is 0. The molecule has 2 saturated heterocycles. The lowest BCUT2D eigenvalue weighted by atomic mass is 10.0. The molecular formula is C16H28N4O4S. The van der Waals surface area contributed by atoms with Gasteiger partial charge < -0.3 is 9.74 Å². The van der Waals surface area contributed by atoms with Crippen LogP contribution in [0.15, 0.2) is 5.16 Å². The minimum absolute atomic E-state index is 0.0835. The molecule has 0 aromatic carbocycles. The summed E-state index contributed by atoms with van der Waals surface area (Å²) in [5.41, 5.74) is 0.909. The van der Waals surface area contributed by atoms with Crippen molar-refractivity contribution in [1.82, 2.24) is 13.5 Å². The molecule has 1 unspecified atom stereocenters. The Morgan fingerprint density at radius 1 is 1.04 bits per heavy atom. The molecule has 0 bridgehead atoms. The number of nitrogens with zero attached hydrogens (tertiary/aromatic N) is 4. The molecule has 3 aliphatic rings. The number of amides is 1. The molecule has 8 nitrogen and oxygen atoms in total. The molecule has 0 radical (unpaired) electrons. The van der Waals surface area contributed by atoms with Crippen LogP contribution >= 0.6 is 0 Å². The molecule has 2 fully saturated rings. The molecule has 142 valence electrons. The van der Waals surface area contributed by atoms with Gasteiger partial charge in [-0.3, -0.25) is 4.79 Å². The molecule has 25 heavy (non-hydrogen) atoms. The molecule has 3 rings (SSSR count). The first kappa shape index (κ1) is 18.6. The quantitative estimate of drug-likeness (QED) is 0.726. The monoisotopic (exact) mass is 372 g/mol. The van der Waals surface area contributed by atoms with Crippen LogP contribution in [0, 0.1) is 5.92 Å². The predicted octanol–water partition coefficient (Wildman–Crippen LogP) is 0.662. The Morgan fingerprint density at radius 3 is 2.32 bits per heavy atom. The second kappa shape index (κ2) is 7.59. The van der Waals surface area contributed by atoms with Gasteiger partial charge in [-0.1, -0.05) is 19.0 Å². The van der Waals surface area contributed by atoms with Crippen molar-refractivity contribution in [3.05, 3.63) is 0 Å². The Balaban J connectivity index is 1.57. The Kier molecular flexibility index (Phi) is 5.65. The summed E-state index contributed by atoms with van der Waals surface area (Å²) in [6.45, 7) is 7.03. The zero-order valence-electron chi connectivity index (χ0n) is 15.1. The van der Waals surface area contributed by atoms with Crippen molar-refractivity contribution in [2.24, 2.45) is 11.1 Å². The Bertz CT molecular complexity index is 628. The van der Waals surface area contributed by atoms with Crippen LogP contribution in [0.3, 0.4) is 0 Å². The first-order valence-corrected chi connectivity index (χ1v) is 10.6. The van der Waals surface area contributed by atoms with E-state index in [1.54, 1.807) is 9.21 Å². The fourth-order valence-electron chi connectivity index (χ4n) is 3.50. The lowest BCUT2D eigenvalue weighted by Gasteiger charge is -2.26.